The van der Waals surface area contributed by atoms with E-state index < -0.39 is 0 Å². The number of nitrogens with zero attached hydrogens (tertiary/aromatic N) is 1. The summed E-state index contributed by atoms with van der Waals surface area (Å²) >= 11 is 7.74. The highest BCUT2D eigenvalue weighted by molar-refractivity contribution is 7.09. The van der Waals surface area contributed by atoms with Crippen LogP contribution in [-0.2, 0) is 11.8 Å². The fourth-order valence-electron chi connectivity index (χ4n) is 2.06. The second-order valence-electron chi connectivity index (χ2n) is 6.19. The van der Waals surface area contributed by atoms with Crippen molar-refractivity contribution in [2.75, 3.05) is 0 Å². The minimum Gasteiger partial charge on any atom is -0.324 e. The van der Waals surface area contributed by atoms with E-state index in [-0.39, 0.29) is 11.5 Å². The second-order valence-corrected chi connectivity index (χ2v) is 7.57. The lowest BCUT2D eigenvalue weighted by atomic mass is 9.93. The van der Waals surface area contributed by atoms with Crippen LogP contribution in [0.2, 0.25) is 5.02 Å². The third-order valence-electron chi connectivity index (χ3n) is 3.36. The van der Waals surface area contributed by atoms with Crippen LogP contribution in [-0.4, -0.2) is 4.98 Å². The molecule has 108 valence electrons. The molecule has 1 heterocycles. The molecule has 2 N–H and O–H groups in total. The molecular formula is C16H21ClN2S. The normalized spacial score (nSPS) is 13.5. The number of benzene rings is 1. The van der Waals surface area contributed by atoms with Gasteiger partial charge in [-0.05, 0) is 30.2 Å². The van der Waals surface area contributed by atoms with Crippen molar-refractivity contribution in [1.29, 1.82) is 0 Å². The summed E-state index contributed by atoms with van der Waals surface area (Å²) in [6.07, 6.45) is 0.752. The van der Waals surface area contributed by atoms with Crippen molar-refractivity contribution in [2.45, 2.75) is 45.6 Å². The van der Waals surface area contributed by atoms with E-state index in [1.54, 1.807) is 11.3 Å². The van der Waals surface area contributed by atoms with Gasteiger partial charge >= 0.3 is 0 Å². The number of hydrogen-bond acceptors (Lipinski definition) is 3. The van der Waals surface area contributed by atoms with E-state index in [2.05, 4.69) is 33.1 Å². The quantitative estimate of drug-likeness (QED) is 0.896. The first-order valence-corrected chi connectivity index (χ1v) is 7.99. The average Bonchev–Trinajstić information content (AvgIpc) is 2.80. The molecule has 20 heavy (non-hydrogen) atoms. The molecule has 0 amide bonds. The van der Waals surface area contributed by atoms with Gasteiger partial charge in [0.05, 0.1) is 10.7 Å². The highest BCUT2D eigenvalue weighted by Crippen LogP contribution is 2.27. The lowest BCUT2D eigenvalue weighted by Crippen LogP contribution is -2.15. The van der Waals surface area contributed by atoms with Crippen LogP contribution >= 0.6 is 22.9 Å². The summed E-state index contributed by atoms with van der Waals surface area (Å²) in [7, 11) is 0. The van der Waals surface area contributed by atoms with Gasteiger partial charge in [0.1, 0.15) is 0 Å². The number of hydrogen-bond donors (Lipinski definition) is 1. The highest BCUT2D eigenvalue weighted by Gasteiger charge is 2.19. The Morgan fingerprint density at radius 2 is 2.05 bits per heavy atom. The molecule has 1 aromatic carbocycles. The van der Waals surface area contributed by atoms with E-state index in [1.165, 1.54) is 5.56 Å². The SMILES string of the molecule is Cc1ccc(Cl)cc1C(N)Cc1nc(C(C)(C)C)cs1. The predicted molar refractivity (Wildman–Crippen MR) is 87.6 cm³/mol. The average molecular weight is 309 g/mol. The van der Waals surface area contributed by atoms with Crippen LogP contribution in [0.5, 0.6) is 0 Å². The molecule has 0 fully saturated rings. The Hall–Kier alpha value is -0.900. The molecular weight excluding hydrogens is 288 g/mol. The topological polar surface area (TPSA) is 38.9 Å². The molecule has 1 aromatic heterocycles. The second kappa shape index (κ2) is 5.84. The van der Waals surface area contributed by atoms with Gasteiger partial charge in [0.2, 0.25) is 0 Å². The Bertz CT molecular complexity index is 599. The Morgan fingerprint density at radius 3 is 2.65 bits per heavy atom. The Labute approximate surface area is 130 Å². The number of thiazole rings is 1. The van der Waals surface area contributed by atoms with Crippen LogP contribution < -0.4 is 5.73 Å². The van der Waals surface area contributed by atoms with Gasteiger partial charge in [0, 0.05) is 28.3 Å². The fraction of sp³-hybridized carbons (Fsp3) is 0.438. The van der Waals surface area contributed by atoms with Crippen LogP contribution in [0.3, 0.4) is 0 Å². The van der Waals surface area contributed by atoms with Crippen molar-refractivity contribution >= 4 is 22.9 Å². The van der Waals surface area contributed by atoms with Crippen molar-refractivity contribution < 1.29 is 0 Å². The number of aromatic nitrogens is 1. The number of halogens is 1. The molecule has 2 rings (SSSR count). The van der Waals surface area contributed by atoms with Crippen LogP contribution in [0.25, 0.3) is 0 Å². The van der Waals surface area contributed by atoms with Crippen molar-refractivity contribution in [3.05, 3.63) is 50.4 Å². The summed E-state index contributed by atoms with van der Waals surface area (Å²) in [6, 6.07) is 5.81. The third kappa shape index (κ3) is 3.60. The summed E-state index contributed by atoms with van der Waals surface area (Å²) < 4.78 is 0. The van der Waals surface area contributed by atoms with Gasteiger partial charge < -0.3 is 5.73 Å². The Balaban J connectivity index is 2.17. The van der Waals surface area contributed by atoms with Gasteiger partial charge in [-0.3, -0.25) is 0 Å². The maximum absolute atomic E-state index is 6.32. The molecule has 1 atom stereocenters. The number of rotatable bonds is 3. The molecule has 0 saturated carbocycles. The minimum atomic E-state index is -0.0623. The number of aryl methyl sites for hydroxylation is 1. The van der Waals surface area contributed by atoms with Gasteiger partial charge in [0.25, 0.3) is 0 Å². The van der Waals surface area contributed by atoms with Crippen LogP contribution in [0.1, 0.15) is 48.6 Å². The molecule has 0 bridgehead atoms. The minimum absolute atomic E-state index is 0.0623. The summed E-state index contributed by atoms with van der Waals surface area (Å²) in [5, 5.41) is 3.95. The van der Waals surface area contributed by atoms with E-state index in [0.717, 1.165) is 27.7 Å². The van der Waals surface area contributed by atoms with Gasteiger partial charge in [-0.1, -0.05) is 38.4 Å². The predicted octanol–water partition coefficient (Wildman–Crippen LogP) is 4.64. The van der Waals surface area contributed by atoms with Gasteiger partial charge in [0.15, 0.2) is 0 Å². The van der Waals surface area contributed by atoms with Crippen molar-refractivity contribution in [3.63, 3.8) is 0 Å². The van der Waals surface area contributed by atoms with Crippen LogP contribution in [0, 0.1) is 6.92 Å². The molecule has 4 heteroatoms. The van der Waals surface area contributed by atoms with E-state index in [4.69, 9.17) is 22.3 Å². The molecule has 0 radical (unpaired) electrons. The van der Waals surface area contributed by atoms with Gasteiger partial charge in [-0.2, -0.15) is 0 Å². The fourth-order valence-corrected chi connectivity index (χ4v) is 3.32. The first-order valence-electron chi connectivity index (χ1n) is 6.74. The molecule has 0 aliphatic carbocycles. The van der Waals surface area contributed by atoms with Crippen LogP contribution in [0.15, 0.2) is 23.6 Å². The molecule has 2 aromatic rings. The first-order chi connectivity index (χ1) is 9.27. The maximum atomic E-state index is 6.32. The highest BCUT2D eigenvalue weighted by atomic mass is 35.5. The third-order valence-corrected chi connectivity index (χ3v) is 4.46. The van der Waals surface area contributed by atoms with Crippen molar-refractivity contribution in [2.24, 2.45) is 5.73 Å². The number of nitrogens with two attached hydrogens (primary N) is 1. The van der Waals surface area contributed by atoms with Crippen molar-refractivity contribution in [1.82, 2.24) is 4.98 Å². The van der Waals surface area contributed by atoms with E-state index in [9.17, 15) is 0 Å². The summed E-state index contributed by atoms with van der Waals surface area (Å²) in [5.74, 6) is 0. The van der Waals surface area contributed by atoms with Crippen molar-refractivity contribution in [3.8, 4) is 0 Å². The lowest BCUT2D eigenvalue weighted by Gasteiger charge is -2.15. The molecule has 0 aliphatic rings. The molecule has 0 saturated heterocycles. The van der Waals surface area contributed by atoms with E-state index >= 15 is 0 Å². The van der Waals surface area contributed by atoms with Crippen LogP contribution in [0.4, 0.5) is 0 Å². The van der Waals surface area contributed by atoms with E-state index in [0.29, 0.717) is 0 Å². The smallest absolute Gasteiger partial charge is 0.0947 e. The molecule has 0 aliphatic heterocycles. The zero-order valence-corrected chi connectivity index (χ0v) is 14.0. The zero-order chi connectivity index (χ0) is 14.9. The summed E-state index contributed by atoms with van der Waals surface area (Å²) in [5.41, 5.74) is 9.82. The van der Waals surface area contributed by atoms with Gasteiger partial charge in [-0.15, -0.1) is 11.3 Å². The van der Waals surface area contributed by atoms with E-state index in [1.807, 2.05) is 18.2 Å². The molecule has 1 unspecified atom stereocenters. The Morgan fingerprint density at radius 1 is 1.35 bits per heavy atom. The molecule has 2 nitrogen and oxygen atoms in total. The monoisotopic (exact) mass is 308 g/mol. The first kappa shape index (κ1) is 15.5. The molecule has 0 spiro atoms. The summed E-state index contributed by atoms with van der Waals surface area (Å²) in [4.78, 5) is 4.70. The Kier molecular flexibility index (Phi) is 4.52. The maximum Gasteiger partial charge on any atom is 0.0947 e. The largest absolute Gasteiger partial charge is 0.324 e. The zero-order valence-electron chi connectivity index (χ0n) is 12.4. The summed E-state index contributed by atoms with van der Waals surface area (Å²) in [6.45, 7) is 8.58. The lowest BCUT2D eigenvalue weighted by molar-refractivity contribution is 0.569. The van der Waals surface area contributed by atoms with Gasteiger partial charge in [-0.25, -0.2) is 4.98 Å². The standard InChI is InChI=1S/C16H21ClN2S/c1-10-5-6-11(17)7-12(10)13(18)8-15-19-14(9-20-15)16(2,3)4/h5-7,9,13H,8,18H2,1-4H3.